The molecule has 0 N–H and O–H groups in total. The fourth-order valence-corrected chi connectivity index (χ4v) is 10.1. The zero-order valence-electron chi connectivity index (χ0n) is 27.9. The second kappa shape index (κ2) is 11.5. The average Bonchev–Trinajstić information content (AvgIpc) is 3.17. The summed E-state index contributed by atoms with van der Waals surface area (Å²) in [6, 6.07) is 46.8. The van der Waals surface area contributed by atoms with Crippen molar-refractivity contribution in [3.63, 3.8) is 0 Å². The van der Waals surface area contributed by atoms with E-state index in [1.54, 1.807) is 0 Å². The SMILES string of the molecule is N#Cc1c2ccccc2c(-c2ccc(-c3nc(-c4ccccc4)nc(-c4ccc(C56C[C@H]7C[C@H](C5)C[C@@H](C6)C7)cc4)n3)cc2)c2ccccc12. The predicted octanol–water partition coefficient (Wildman–Crippen LogP) is 11.2. The summed E-state index contributed by atoms with van der Waals surface area (Å²) in [5.41, 5.74) is 7.72. The van der Waals surface area contributed by atoms with Crippen LogP contribution in [-0.2, 0) is 5.41 Å². The van der Waals surface area contributed by atoms with Gasteiger partial charge >= 0.3 is 0 Å². The van der Waals surface area contributed by atoms with Crippen molar-refractivity contribution in [2.75, 3.05) is 0 Å². The second-order valence-corrected chi connectivity index (χ2v) is 15.0. The van der Waals surface area contributed by atoms with Crippen LogP contribution in [0.4, 0.5) is 0 Å². The fourth-order valence-electron chi connectivity index (χ4n) is 10.1. The Balaban J connectivity index is 1.05. The molecular formula is C46H36N4. The molecule has 4 saturated carbocycles. The Morgan fingerprint density at radius 2 is 0.860 bits per heavy atom. The van der Waals surface area contributed by atoms with E-state index in [9.17, 15) is 5.26 Å². The van der Waals surface area contributed by atoms with Crippen molar-refractivity contribution < 1.29 is 0 Å². The summed E-state index contributed by atoms with van der Waals surface area (Å²) in [5, 5.41) is 14.2. The van der Waals surface area contributed by atoms with E-state index in [-0.39, 0.29) is 0 Å². The topological polar surface area (TPSA) is 62.5 Å². The highest BCUT2D eigenvalue weighted by atomic mass is 15.0. The number of hydrogen-bond donors (Lipinski definition) is 0. The maximum Gasteiger partial charge on any atom is 0.164 e. The Kier molecular flexibility index (Phi) is 6.71. The van der Waals surface area contributed by atoms with Crippen LogP contribution in [0.1, 0.15) is 49.7 Å². The molecule has 0 spiro atoms. The van der Waals surface area contributed by atoms with Gasteiger partial charge in [0, 0.05) is 27.5 Å². The van der Waals surface area contributed by atoms with Crippen LogP contribution in [0, 0.1) is 29.1 Å². The average molecular weight is 645 g/mol. The first kappa shape index (κ1) is 29.3. The van der Waals surface area contributed by atoms with Crippen molar-refractivity contribution in [3.8, 4) is 51.4 Å². The molecule has 1 aromatic heterocycles. The summed E-state index contributed by atoms with van der Waals surface area (Å²) in [7, 11) is 0. The third-order valence-corrected chi connectivity index (χ3v) is 11.9. The van der Waals surface area contributed by atoms with Gasteiger partial charge in [0.1, 0.15) is 6.07 Å². The number of nitriles is 1. The Morgan fingerprint density at radius 1 is 0.460 bits per heavy atom. The molecule has 0 amide bonds. The van der Waals surface area contributed by atoms with Gasteiger partial charge in [0.2, 0.25) is 0 Å². The van der Waals surface area contributed by atoms with Gasteiger partial charge in [-0.3, -0.25) is 0 Å². The Labute approximate surface area is 292 Å². The van der Waals surface area contributed by atoms with Gasteiger partial charge in [0.05, 0.1) is 5.56 Å². The van der Waals surface area contributed by atoms with Crippen LogP contribution in [0.2, 0.25) is 0 Å². The third kappa shape index (κ3) is 4.76. The van der Waals surface area contributed by atoms with Crippen LogP contribution in [0.25, 0.3) is 66.8 Å². The van der Waals surface area contributed by atoms with E-state index in [2.05, 4.69) is 78.9 Å². The third-order valence-electron chi connectivity index (χ3n) is 11.9. The minimum absolute atomic E-state index is 0.361. The fraction of sp³-hybridized carbons (Fsp3) is 0.217. The molecule has 0 aliphatic heterocycles. The largest absolute Gasteiger partial charge is 0.208 e. The maximum atomic E-state index is 10.1. The van der Waals surface area contributed by atoms with Gasteiger partial charge < -0.3 is 0 Å². The molecule has 4 aliphatic carbocycles. The first-order valence-corrected chi connectivity index (χ1v) is 18.0. The molecule has 4 aliphatic rings. The second-order valence-electron chi connectivity index (χ2n) is 15.0. The van der Waals surface area contributed by atoms with Gasteiger partial charge in [-0.1, -0.05) is 127 Å². The predicted molar refractivity (Wildman–Crippen MR) is 201 cm³/mol. The van der Waals surface area contributed by atoms with Gasteiger partial charge in [0.25, 0.3) is 0 Å². The van der Waals surface area contributed by atoms with Crippen LogP contribution in [0.15, 0.2) is 127 Å². The molecule has 4 nitrogen and oxygen atoms in total. The molecule has 4 heteroatoms. The number of hydrogen-bond acceptors (Lipinski definition) is 4. The van der Waals surface area contributed by atoms with Gasteiger partial charge in [-0.15, -0.1) is 0 Å². The lowest BCUT2D eigenvalue weighted by Gasteiger charge is -2.57. The molecule has 6 aromatic carbocycles. The van der Waals surface area contributed by atoms with Crippen LogP contribution in [0.5, 0.6) is 0 Å². The number of fused-ring (bicyclic) bond motifs is 2. The van der Waals surface area contributed by atoms with Crippen molar-refractivity contribution in [1.82, 2.24) is 15.0 Å². The standard InChI is InChI=1S/C46H36N4/c47-28-41-37-10-4-6-12-39(37)42(40-13-7-5-11-38(40)41)32-14-16-34(17-15-32)44-48-43(33-8-2-1-3-9-33)49-45(50-44)35-18-20-36(21-19-35)46-25-29-22-30(26-46)24-31(23-29)27-46/h1-21,29-31H,22-27H2/t29-,30-,31-,46?. The molecule has 4 bridgehead atoms. The number of nitrogens with zero attached hydrogens (tertiary/aromatic N) is 4. The molecule has 1 heterocycles. The van der Waals surface area contributed by atoms with Crippen molar-refractivity contribution >= 4 is 21.5 Å². The van der Waals surface area contributed by atoms with E-state index < -0.39 is 0 Å². The molecule has 0 unspecified atom stereocenters. The molecule has 0 atom stereocenters. The quantitative estimate of drug-likeness (QED) is 0.175. The van der Waals surface area contributed by atoms with Crippen LogP contribution in [-0.4, -0.2) is 15.0 Å². The molecular weight excluding hydrogens is 609 g/mol. The molecule has 240 valence electrons. The van der Waals surface area contributed by atoms with Crippen LogP contribution in [0.3, 0.4) is 0 Å². The van der Waals surface area contributed by atoms with E-state index in [1.807, 2.05) is 54.6 Å². The zero-order chi connectivity index (χ0) is 33.2. The molecule has 4 fully saturated rings. The van der Waals surface area contributed by atoms with Crippen molar-refractivity contribution in [2.45, 2.75) is 43.9 Å². The highest BCUT2D eigenvalue weighted by molar-refractivity contribution is 6.16. The van der Waals surface area contributed by atoms with Gasteiger partial charge in [-0.2, -0.15) is 5.26 Å². The minimum Gasteiger partial charge on any atom is -0.208 e. The van der Waals surface area contributed by atoms with Crippen molar-refractivity contribution in [1.29, 1.82) is 5.26 Å². The molecule has 11 rings (SSSR count). The minimum atomic E-state index is 0.361. The van der Waals surface area contributed by atoms with Crippen molar-refractivity contribution in [3.05, 3.63) is 139 Å². The van der Waals surface area contributed by atoms with E-state index in [1.165, 1.54) is 44.1 Å². The van der Waals surface area contributed by atoms with E-state index in [4.69, 9.17) is 15.0 Å². The van der Waals surface area contributed by atoms with Crippen molar-refractivity contribution in [2.24, 2.45) is 17.8 Å². The zero-order valence-corrected chi connectivity index (χ0v) is 27.9. The van der Waals surface area contributed by atoms with Gasteiger partial charge in [-0.25, -0.2) is 15.0 Å². The molecule has 0 radical (unpaired) electrons. The van der Waals surface area contributed by atoms with E-state index in [0.717, 1.165) is 67.1 Å². The molecule has 0 saturated heterocycles. The highest BCUT2D eigenvalue weighted by Gasteiger charge is 2.51. The molecule has 50 heavy (non-hydrogen) atoms. The number of rotatable bonds is 5. The van der Waals surface area contributed by atoms with Crippen LogP contribution >= 0.6 is 0 Å². The monoisotopic (exact) mass is 644 g/mol. The lowest BCUT2D eigenvalue weighted by atomic mass is 9.48. The summed E-state index contributed by atoms with van der Waals surface area (Å²) >= 11 is 0. The smallest absolute Gasteiger partial charge is 0.164 e. The number of aromatic nitrogens is 3. The summed E-state index contributed by atoms with van der Waals surface area (Å²) in [5.74, 6) is 4.77. The Bertz CT molecular complexity index is 2360. The Hall–Kier alpha value is -5.66. The first-order valence-electron chi connectivity index (χ1n) is 18.0. The normalized spacial score (nSPS) is 22.2. The van der Waals surface area contributed by atoms with Crippen LogP contribution < -0.4 is 0 Å². The maximum absolute atomic E-state index is 10.1. The lowest BCUT2D eigenvalue weighted by molar-refractivity contribution is -0.00518. The first-order chi connectivity index (χ1) is 24.6. The Morgan fingerprint density at radius 3 is 1.34 bits per heavy atom. The number of benzene rings is 6. The van der Waals surface area contributed by atoms with Gasteiger partial charge in [-0.05, 0) is 89.2 Å². The molecule has 7 aromatic rings. The highest BCUT2D eigenvalue weighted by Crippen LogP contribution is 2.60. The van der Waals surface area contributed by atoms with Gasteiger partial charge in [0.15, 0.2) is 17.5 Å². The summed E-state index contributed by atoms with van der Waals surface area (Å²) in [6.45, 7) is 0. The summed E-state index contributed by atoms with van der Waals surface area (Å²) in [4.78, 5) is 15.1. The summed E-state index contributed by atoms with van der Waals surface area (Å²) < 4.78 is 0. The van der Waals surface area contributed by atoms with E-state index >= 15 is 0 Å². The lowest BCUT2D eigenvalue weighted by Crippen LogP contribution is -2.48. The summed E-state index contributed by atoms with van der Waals surface area (Å²) in [6.07, 6.45) is 8.43. The van der Waals surface area contributed by atoms with E-state index in [0.29, 0.717) is 28.5 Å².